The Labute approximate surface area is 106 Å². The zero-order valence-corrected chi connectivity index (χ0v) is 12.5. The summed E-state index contributed by atoms with van der Waals surface area (Å²) in [4.78, 5) is 0. The van der Waals surface area contributed by atoms with Crippen molar-refractivity contribution in [2.24, 2.45) is 11.3 Å². The SMILES string of the molecule is CSCCC(C)NC1CCC(C)(C)CC1C. The first-order valence-corrected chi connectivity index (χ1v) is 8.09. The fourth-order valence-corrected chi connectivity index (χ4v) is 3.53. The van der Waals surface area contributed by atoms with E-state index in [1.165, 1.54) is 31.4 Å². The highest BCUT2D eigenvalue weighted by atomic mass is 32.2. The molecule has 0 heterocycles. The quantitative estimate of drug-likeness (QED) is 0.785. The average molecular weight is 243 g/mol. The topological polar surface area (TPSA) is 12.0 Å². The van der Waals surface area contributed by atoms with Crippen LogP contribution in [0.2, 0.25) is 0 Å². The molecule has 1 aliphatic carbocycles. The monoisotopic (exact) mass is 243 g/mol. The first-order valence-electron chi connectivity index (χ1n) is 6.69. The maximum absolute atomic E-state index is 3.83. The van der Waals surface area contributed by atoms with Crippen molar-refractivity contribution < 1.29 is 0 Å². The van der Waals surface area contributed by atoms with Crippen molar-refractivity contribution in [3.8, 4) is 0 Å². The number of nitrogens with one attached hydrogen (secondary N) is 1. The summed E-state index contributed by atoms with van der Waals surface area (Å²) in [5.41, 5.74) is 0.570. The van der Waals surface area contributed by atoms with Gasteiger partial charge in [-0.3, -0.25) is 0 Å². The third-order valence-electron chi connectivity index (χ3n) is 3.95. The van der Waals surface area contributed by atoms with E-state index in [4.69, 9.17) is 0 Å². The molecule has 1 N–H and O–H groups in total. The molecule has 0 aromatic rings. The van der Waals surface area contributed by atoms with Crippen LogP contribution in [0.15, 0.2) is 0 Å². The van der Waals surface area contributed by atoms with Gasteiger partial charge in [-0.1, -0.05) is 20.8 Å². The van der Waals surface area contributed by atoms with E-state index in [1.807, 2.05) is 11.8 Å². The largest absolute Gasteiger partial charge is 0.311 e. The van der Waals surface area contributed by atoms with Crippen molar-refractivity contribution in [2.45, 2.75) is 65.5 Å². The minimum Gasteiger partial charge on any atom is -0.311 e. The van der Waals surface area contributed by atoms with E-state index in [-0.39, 0.29) is 0 Å². The van der Waals surface area contributed by atoms with E-state index in [9.17, 15) is 0 Å². The summed E-state index contributed by atoms with van der Waals surface area (Å²) in [7, 11) is 0. The van der Waals surface area contributed by atoms with Crippen LogP contribution < -0.4 is 5.32 Å². The second-order valence-electron chi connectivity index (χ2n) is 6.34. The van der Waals surface area contributed by atoms with Gasteiger partial charge in [0.05, 0.1) is 0 Å². The van der Waals surface area contributed by atoms with Crippen LogP contribution >= 0.6 is 11.8 Å². The normalized spacial score (nSPS) is 31.3. The van der Waals surface area contributed by atoms with Crippen LogP contribution in [0.5, 0.6) is 0 Å². The lowest BCUT2D eigenvalue weighted by atomic mass is 9.70. The van der Waals surface area contributed by atoms with E-state index >= 15 is 0 Å². The fourth-order valence-electron chi connectivity index (χ4n) is 2.94. The van der Waals surface area contributed by atoms with Gasteiger partial charge in [0.2, 0.25) is 0 Å². The summed E-state index contributed by atoms with van der Waals surface area (Å²) in [5, 5.41) is 3.83. The van der Waals surface area contributed by atoms with Crippen molar-refractivity contribution in [1.29, 1.82) is 0 Å². The molecule has 0 aliphatic heterocycles. The Bertz CT molecular complexity index is 203. The minimum absolute atomic E-state index is 0.570. The maximum Gasteiger partial charge on any atom is 0.00955 e. The molecule has 1 nitrogen and oxygen atoms in total. The molecule has 0 aromatic heterocycles. The molecule has 0 radical (unpaired) electrons. The van der Waals surface area contributed by atoms with Gasteiger partial charge >= 0.3 is 0 Å². The molecule has 0 saturated heterocycles. The van der Waals surface area contributed by atoms with Gasteiger partial charge in [-0.2, -0.15) is 11.8 Å². The van der Waals surface area contributed by atoms with Gasteiger partial charge < -0.3 is 5.32 Å². The predicted molar refractivity (Wildman–Crippen MR) is 76.2 cm³/mol. The van der Waals surface area contributed by atoms with Gasteiger partial charge in [-0.05, 0) is 55.9 Å². The van der Waals surface area contributed by atoms with Crippen LogP contribution in [0, 0.1) is 11.3 Å². The predicted octanol–water partition coefficient (Wildman–Crippen LogP) is 3.93. The lowest BCUT2D eigenvalue weighted by molar-refractivity contribution is 0.142. The van der Waals surface area contributed by atoms with Gasteiger partial charge in [0.25, 0.3) is 0 Å². The Morgan fingerprint density at radius 2 is 2.12 bits per heavy atom. The first-order chi connectivity index (χ1) is 7.44. The number of hydrogen-bond donors (Lipinski definition) is 1. The first kappa shape index (κ1) is 14.4. The molecule has 1 fully saturated rings. The van der Waals surface area contributed by atoms with E-state index < -0.39 is 0 Å². The highest BCUT2D eigenvalue weighted by Gasteiger charge is 2.32. The lowest BCUT2D eigenvalue weighted by Crippen LogP contribution is -2.45. The Kier molecular flexibility index (Phi) is 5.66. The summed E-state index contributed by atoms with van der Waals surface area (Å²) in [6.45, 7) is 9.58. The zero-order chi connectivity index (χ0) is 12.2. The Balaban J connectivity index is 2.32. The van der Waals surface area contributed by atoms with E-state index in [0.717, 1.165) is 12.0 Å². The maximum atomic E-state index is 3.83. The molecule has 1 rings (SSSR count). The van der Waals surface area contributed by atoms with Crippen molar-refractivity contribution in [3.05, 3.63) is 0 Å². The Hall–Kier alpha value is 0.310. The van der Waals surface area contributed by atoms with Crippen molar-refractivity contribution in [1.82, 2.24) is 5.32 Å². The standard InChI is InChI=1S/C14H29NS/c1-11-10-14(3,4)8-6-13(11)15-12(2)7-9-16-5/h11-13,15H,6-10H2,1-5H3. The van der Waals surface area contributed by atoms with Gasteiger partial charge in [0.15, 0.2) is 0 Å². The molecule has 2 heteroatoms. The third-order valence-corrected chi connectivity index (χ3v) is 4.59. The zero-order valence-electron chi connectivity index (χ0n) is 11.7. The molecule has 0 spiro atoms. The van der Waals surface area contributed by atoms with Gasteiger partial charge in [-0.25, -0.2) is 0 Å². The highest BCUT2D eigenvalue weighted by molar-refractivity contribution is 7.98. The Morgan fingerprint density at radius 1 is 1.44 bits per heavy atom. The summed E-state index contributed by atoms with van der Waals surface area (Å²) in [6, 6.07) is 1.44. The molecule has 0 aromatic carbocycles. The van der Waals surface area contributed by atoms with Crippen LogP contribution in [0.4, 0.5) is 0 Å². The number of thioether (sulfide) groups is 1. The lowest BCUT2D eigenvalue weighted by Gasteiger charge is -2.40. The van der Waals surface area contributed by atoms with Gasteiger partial charge in [0.1, 0.15) is 0 Å². The summed E-state index contributed by atoms with van der Waals surface area (Å²) in [5.74, 6) is 2.11. The highest BCUT2D eigenvalue weighted by Crippen LogP contribution is 2.38. The molecule has 1 saturated carbocycles. The van der Waals surface area contributed by atoms with Gasteiger partial charge in [-0.15, -0.1) is 0 Å². The van der Waals surface area contributed by atoms with Crippen LogP contribution in [0.3, 0.4) is 0 Å². The van der Waals surface area contributed by atoms with Crippen molar-refractivity contribution >= 4 is 11.8 Å². The second kappa shape index (κ2) is 6.30. The summed E-state index contributed by atoms with van der Waals surface area (Å²) >= 11 is 1.95. The molecular weight excluding hydrogens is 214 g/mol. The third kappa shape index (κ3) is 4.67. The number of hydrogen-bond acceptors (Lipinski definition) is 2. The van der Waals surface area contributed by atoms with Crippen molar-refractivity contribution in [3.63, 3.8) is 0 Å². The van der Waals surface area contributed by atoms with Crippen LogP contribution in [-0.2, 0) is 0 Å². The van der Waals surface area contributed by atoms with E-state index in [2.05, 4.69) is 39.3 Å². The van der Waals surface area contributed by atoms with E-state index in [0.29, 0.717) is 11.5 Å². The molecule has 1 aliphatic rings. The molecule has 96 valence electrons. The number of rotatable bonds is 5. The fraction of sp³-hybridized carbons (Fsp3) is 1.00. The molecule has 3 atom stereocenters. The van der Waals surface area contributed by atoms with Crippen molar-refractivity contribution in [2.75, 3.05) is 12.0 Å². The smallest absolute Gasteiger partial charge is 0.00955 e. The molecule has 3 unspecified atom stereocenters. The van der Waals surface area contributed by atoms with Gasteiger partial charge in [0, 0.05) is 12.1 Å². The summed E-state index contributed by atoms with van der Waals surface area (Å²) in [6.07, 6.45) is 7.61. The molecule has 16 heavy (non-hydrogen) atoms. The van der Waals surface area contributed by atoms with Crippen LogP contribution in [0.1, 0.15) is 53.4 Å². The molecular formula is C14H29NS. The van der Waals surface area contributed by atoms with Crippen LogP contribution in [-0.4, -0.2) is 24.1 Å². The van der Waals surface area contributed by atoms with Crippen LogP contribution in [0.25, 0.3) is 0 Å². The second-order valence-corrected chi connectivity index (χ2v) is 7.33. The molecule has 0 amide bonds. The molecule has 0 bridgehead atoms. The van der Waals surface area contributed by atoms with E-state index in [1.54, 1.807) is 0 Å². The average Bonchev–Trinajstić information content (AvgIpc) is 2.18. The minimum atomic E-state index is 0.570. The summed E-state index contributed by atoms with van der Waals surface area (Å²) < 4.78 is 0. The Morgan fingerprint density at radius 3 is 2.69 bits per heavy atom.